The normalized spacial score (nSPS) is 12.5. The first-order chi connectivity index (χ1) is 12.5. The van der Waals surface area contributed by atoms with Gasteiger partial charge < -0.3 is 5.32 Å². The highest BCUT2D eigenvalue weighted by atomic mass is 32.2. The smallest absolute Gasteiger partial charge is 0.230 e. The van der Waals surface area contributed by atoms with Gasteiger partial charge in [0.25, 0.3) is 0 Å². The van der Waals surface area contributed by atoms with Gasteiger partial charge in [0.2, 0.25) is 5.91 Å². The Hall–Kier alpha value is -1.85. The summed E-state index contributed by atoms with van der Waals surface area (Å²) in [6.45, 7) is 6.47. The van der Waals surface area contributed by atoms with Gasteiger partial charge in [0, 0.05) is 0 Å². The lowest BCUT2D eigenvalue weighted by molar-refractivity contribution is -0.119. The summed E-state index contributed by atoms with van der Waals surface area (Å²) >= 11 is 3.13. The van der Waals surface area contributed by atoms with Gasteiger partial charge in [-0.2, -0.15) is 0 Å². The molecule has 0 aliphatic heterocycles. The SMILES string of the molecule is CC(C)Cc1ccc([C@H](C)NC(=O)CSc2nc3ccccc3s2)cc1. The molecule has 0 saturated carbocycles. The number of aromatic nitrogens is 1. The molecule has 0 spiro atoms. The standard InChI is InChI=1S/C21H24N2OS2/c1-14(2)12-16-8-10-17(11-9-16)15(3)22-20(24)13-25-21-23-18-6-4-5-7-19(18)26-21/h4-11,14-15H,12-13H2,1-3H3,(H,22,24)/t15-/m0/s1. The molecule has 0 unspecified atom stereocenters. The number of nitrogens with one attached hydrogen (secondary N) is 1. The molecule has 0 fully saturated rings. The molecule has 0 radical (unpaired) electrons. The largest absolute Gasteiger partial charge is 0.349 e. The highest BCUT2D eigenvalue weighted by molar-refractivity contribution is 8.01. The number of carbonyl (C=O) groups is 1. The van der Waals surface area contributed by atoms with Crippen LogP contribution in [0.1, 0.15) is 37.9 Å². The van der Waals surface area contributed by atoms with Crippen molar-refractivity contribution >= 4 is 39.2 Å². The van der Waals surface area contributed by atoms with Crippen LogP contribution in [-0.4, -0.2) is 16.6 Å². The first-order valence-corrected chi connectivity index (χ1v) is 10.7. The van der Waals surface area contributed by atoms with E-state index in [-0.39, 0.29) is 11.9 Å². The number of thiazole rings is 1. The summed E-state index contributed by atoms with van der Waals surface area (Å²) in [7, 11) is 0. The Kier molecular flexibility index (Phi) is 6.33. The van der Waals surface area contributed by atoms with Crippen LogP contribution in [-0.2, 0) is 11.2 Å². The van der Waals surface area contributed by atoms with Crippen molar-refractivity contribution in [3.05, 3.63) is 59.7 Å². The number of thioether (sulfide) groups is 1. The molecule has 1 amide bonds. The van der Waals surface area contributed by atoms with Crippen molar-refractivity contribution in [1.82, 2.24) is 10.3 Å². The Morgan fingerprint density at radius 1 is 1.12 bits per heavy atom. The minimum absolute atomic E-state index is 0.00608. The second kappa shape index (κ2) is 8.69. The number of para-hydroxylation sites is 1. The van der Waals surface area contributed by atoms with Crippen LogP contribution in [0.4, 0.5) is 0 Å². The summed E-state index contributed by atoms with van der Waals surface area (Å²) in [5, 5.41) is 3.08. The molecule has 5 heteroatoms. The van der Waals surface area contributed by atoms with E-state index in [2.05, 4.69) is 54.5 Å². The van der Waals surface area contributed by atoms with Gasteiger partial charge >= 0.3 is 0 Å². The van der Waals surface area contributed by atoms with Crippen LogP contribution in [0.25, 0.3) is 10.2 Å². The fourth-order valence-electron chi connectivity index (χ4n) is 2.82. The Balaban J connectivity index is 1.52. The third-order valence-corrected chi connectivity index (χ3v) is 6.28. The minimum Gasteiger partial charge on any atom is -0.349 e. The summed E-state index contributed by atoms with van der Waals surface area (Å²) in [6, 6.07) is 16.6. The number of carbonyl (C=O) groups excluding carboxylic acids is 1. The highest BCUT2D eigenvalue weighted by Crippen LogP contribution is 2.29. The topological polar surface area (TPSA) is 42.0 Å². The van der Waals surface area contributed by atoms with E-state index < -0.39 is 0 Å². The zero-order valence-electron chi connectivity index (χ0n) is 15.4. The Labute approximate surface area is 163 Å². The van der Waals surface area contributed by atoms with Gasteiger partial charge in [-0.25, -0.2) is 4.98 Å². The maximum Gasteiger partial charge on any atom is 0.230 e. The number of benzene rings is 2. The zero-order chi connectivity index (χ0) is 18.5. The number of rotatable bonds is 7. The monoisotopic (exact) mass is 384 g/mol. The predicted molar refractivity (Wildman–Crippen MR) is 112 cm³/mol. The van der Waals surface area contributed by atoms with E-state index in [1.807, 2.05) is 25.1 Å². The van der Waals surface area contributed by atoms with Crippen molar-refractivity contribution in [2.45, 2.75) is 37.6 Å². The Morgan fingerprint density at radius 3 is 2.54 bits per heavy atom. The van der Waals surface area contributed by atoms with Crippen molar-refractivity contribution in [3.63, 3.8) is 0 Å². The number of amides is 1. The quantitative estimate of drug-likeness (QED) is 0.550. The molecule has 0 bridgehead atoms. The van der Waals surface area contributed by atoms with E-state index in [1.54, 1.807) is 11.3 Å². The molecule has 1 N–H and O–H groups in total. The highest BCUT2D eigenvalue weighted by Gasteiger charge is 2.12. The maximum atomic E-state index is 12.3. The van der Waals surface area contributed by atoms with Crippen molar-refractivity contribution in [1.29, 1.82) is 0 Å². The summed E-state index contributed by atoms with van der Waals surface area (Å²) < 4.78 is 2.09. The van der Waals surface area contributed by atoms with Gasteiger partial charge in [-0.3, -0.25) is 4.79 Å². The third kappa shape index (κ3) is 5.08. The maximum absolute atomic E-state index is 12.3. The second-order valence-electron chi connectivity index (χ2n) is 6.86. The fraction of sp³-hybridized carbons (Fsp3) is 0.333. The van der Waals surface area contributed by atoms with Gasteiger partial charge in [0.1, 0.15) is 0 Å². The second-order valence-corrected chi connectivity index (χ2v) is 9.12. The van der Waals surface area contributed by atoms with E-state index in [0.717, 1.165) is 26.5 Å². The Morgan fingerprint density at radius 2 is 1.85 bits per heavy atom. The molecule has 26 heavy (non-hydrogen) atoms. The van der Waals surface area contributed by atoms with E-state index in [1.165, 1.54) is 17.3 Å². The van der Waals surface area contributed by atoms with E-state index in [4.69, 9.17) is 0 Å². The van der Waals surface area contributed by atoms with Crippen LogP contribution >= 0.6 is 23.1 Å². The Bertz CT molecular complexity index is 838. The first-order valence-electron chi connectivity index (χ1n) is 8.88. The average Bonchev–Trinajstić information content (AvgIpc) is 3.03. The summed E-state index contributed by atoms with van der Waals surface area (Å²) in [6.07, 6.45) is 1.08. The lowest BCUT2D eigenvalue weighted by Gasteiger charge is -2.15. The van der Waals surface area contributed by atoms with Gasteiger partial charge in [-0.15, -0.1) is 11.3 Å². The molecule has 1 aromatic heterocycles. The van der Waals surface area contributed by atoms with E-state index in [9.17, 15) is 4.79 Å². The van der Waals surface area contributed by atoms with Crippen LogP contribution < -0.4 is 5.32 Å². The summed E-state index contributed by atoms with van der Waals surface area (Å²) in [5.74, 6) is 1.07. The molecule has 136 valence electrons. The lowest BCUT2D eigenvalue weighted by Crippen LogP contribution is -2.28. The summed E-state index contributed by atoms with van der Waals surface area (Å²) in [5.41, 5.74) is 3.47. The number of fused-ring (bicyclic) bond motifs is 1. The molecular formula is C21H24N2OS2. The van der Waals surface area contributed by atoms with Crippen LogP contribution in [0.15, 0.2) is 52.9 Å². The third-order valence-electron chi connectivity index (χ3n) is 4.10. The molecule has 0 aliphatic carbocycles. The average molecular weight is 385 g/mol. The van der Waals surface area contributed by atoms with Crippen molar-refractivity contribution in [2.24, 2.45) is 5.92 Å². The van der Waals surface area contributed by atoms with E-state index in [0.29, 0.717) is 11.7 Å². The lowest BCUT2D eigenvalue weighted by atomic mass is 10.00. The molecule has 1 heterocycles. The molecule has 2 aromatic carbocycles. The molecule has 3 rings (SSSR count). The minimum atomic E-state index is 0.00608. The number of hydrogen-bond donors (Lipinski definition) is 1. The summed E-state index contributed by atoms with van der Waals surface area (Å²) in [4.78, 5) is 16.8. The van der Waals surface area contributed by atoms with Crippen LogP contribution in [0.3, 0.4) is 0 Å². The van der Waals surface area contributed by atoms with Crippen molar-refractivity contribution in [2.75, 3.05) is 5.75 Å². The zero-order valence-corrected chi connectivity index (χ0v) is 17.0. The fourth-order valence-corrected chi connectivity index (χ4v) is 4.70. The van der Waals surface area contributed by atoms with Crippen molar-refractivity contribution in [3.8, 4) is 0 Å². The predicted octanol–water partition coefficient (Wildman–Crippen LogP) is 5.46. The molecular weight excluding hydrogens is 360 g/mol. The van der Waals surface area contributed by atoms with Gasteiger partial charge in [0.15, 0.2) is 4.34 Å². The van der Waals surface area contributed by atoms with Crippen molar-refractivity contribution < 1.29 is 4.79 Å². The van der Waals surface area contributed by atoms with Gasteiger partial charge in [-0.1, -0.05) is 62.0 Å². The van der Waals surface area contributed by atoms with Crippen LogP contribution in [0.2, 0.25) is 0 Å². The molecule has 0 aliphatic rings. The molecule has 3 aromatic rings. The van der Waals surface area contributed by atoms with Crippen LogP contribution in [0.5, 0.6) is 0 Å². The molecule has 1 atom stereocenters. The first kappa shape index (κ1) is 18.9. The molecule has 3 nitrogen and oxygen atoms in total. The number of hydrogen-bond acceptors (Lipinski definition) is 4. The van der Waals surface area contributed by atoms with Gasteiger partial charge in [-0.05, 0) is 42.5 Å². The number of nitrogens with zero attached hydrogens (tertiary/aromatic N) is 1. The van der Waals surface area contributed by atoms with Gasteiger partial charge in [0.05, 0.1) is 22.0 Å². The van der Waals surface area contributed by atoms with E-state index >= 15 is 0 Å². The molecule has 0 saturated heterocycles. The van der Waals surface area contributed by atoms with Crippen LogP contribution in [0, 0.1) is 5.92 Å².